The lowest BCUT2D eigenvalue weighted by Gasteiger charge is -2.27. The quantitative estimate of drug-likeness (QED) is 0.785. The van der Waals surface area contributed by atoms with Gasteiger partial charge in [-0.05, 0) is 30.5 Å². The Balaban J connectivity index is 1.77. The number of nitrogens with one attached hydrogen (secondary N) is 2. The average Bonchev–Trinajstić information content (AvgIpc) is 2.82. The van der Waals surface area contributed by atoms with Crippen LogP contribution in [0.3, 0.4) is 0 Å². The lowest BCUT2D eigenvalue weighted by atomic mass is 10.1. The molecule has 3 rings (SSSR count). The minimum Gasteiger partial charge on any atom is -0.507 e. The second-order valence-corrected chi connectivity index (χ2v) is 5.31. The van der Waals surface area contributed by atoms with Gasteiger partial charge in [0, 0.05) is 49.8 Å². The highest BCUT2D eigenvalue weighted by Gasteiger charge is 2.13. The highest BCUT2D eigenvalue weighted by Crippen LogP contribution is 2.31. The van der Waals surface area contributed by atoms with Crippen LogP contribution >= 0.6 is 0 Å². The van der Waals surface area contributed by atoms with E-state index in [-0.39, 0.29) is 0 Å². The lowest BCUT2D eigenvalue weighted by molar-refractivity contribution is 0.243. The minimum atomic E-state index is 0.450. The number of aromatic amines is 1. The number of phenols is 1. The first-order valence-corrected chi connectivity index (χ1v) is 6.97. The van der Waals surface area contributed by atoms with Gasteiger partial charge in [-0.25, -0.2) is 0 Å². The van der Waals surface area contributed by atoms with Crippen LogP contribution in [-0.4, -0.2) is 47.7 Å². The number of phenolic OH excluding ortho intramolecular Hbond substituents is 1. The first-order valence-electron chi connectivity index (χ1n) is 6.97. The standard InChI is InChI=1S/C15H21N3O/c1-11-10-17-13-3-2-12(15(19)14(11)13)4-7-18-8-5-16-6-9-18/h2-3,10,16-17,19H,4-9H2,1H3. The van der Waals surface area contributed by atoms with Gasteiger partial charge in [-0.15, -0.1) is 0 Å². The number of hydrogen-bond donors (Lipinski definition) is 3. The van der Waals surface area contributed by atoms with E-state index in [2.05, 4.69) is 21.3 Å². The fourth-order valence-corrected chi connectivity index (χ4v) is 2.83. The van der Waals surface area contributed by atoms with Gasteiger partial charge in [0.1, 0.15) is 5.75 Å². The van der Waals surface area contributed by atoms with Crippen molar-refractivity contribution in [3.05, 3.63) is 29.5 Å². The van der Waals surface area contributed by atoms with Gasteiger partial charge in [-0.2, -0.15) is 0 Å². The predicted molar refractivity (Wildman–Crippen MR) is 77.7 cm³/mol. The van der Waals surface area contributed by atoms with E-state index in [0.29, 0.717) is 5.75 Å². The molecule has 1 saturated heterocycles. The summed E-state index contributed by atoms with van der Waals surface area (Å²) in [4.78, 5) is 5.63. The molecule has 0 aliphatic carbocycles. The number of aromatic nitrogens is 1. The molecule has 1 aliphatic rings. The Labute approximate surface area is 113 Å². The van der Waals surface area contributed by atoms with Gasteiger partial charge < -0.3 is 20.3 Å². The molecular weight excluding hydrogens is 238 g/mol. The zero-order valence-electron chi connectivity index (χ0n) is 11.4. The second-order valence-electron chi connectivity index (χ2n) is 5.31. The molecular formula is C15H21N3O. The third-order valence-corrected chi connectivity index (χ3v) is 4.01. The number of aromatic hydroxyl groups is 1. The monoisotopic (exact) mass is 259 g/mol. The number of rotatable bonds is 3. The minimum absolute atomic E-state index is 0.450. The number of aryl methyl sites for hydroxylation is 1. The zero-order chi connectivity index (χ0) is 13.2. The SMILES string of the molecule is Cc1c[nH]c2ccc(CCN3CCNCC3)c(O)c12. The predicted octanol–water partition coefficient (Wildman–Crippen LogP) is 1.63. The van der Waals surface area contributed by atoms with Crippen LogP contribution < -0.4 is 5.32 Å². The van der Waals surface area contributed by atoms with Crippen LogP contribution in [-0.2, 0) is 6.42 Å². The van der Waals surface area contributed by atoms with Gasteiger partial charge >= 0.3 is 0 Å². The largest absolute Gasteiger partial charge is 0.507 e. The second kappa shape index (κ2) is 5.23. The van der Waals surface area contributed by atoms with Crippen LogP contribution in [0.25, 0.3) is 10.9 Å². The molecule has 3 N–H and O–H groups in total. The van der Waals surface area contributed by atoms with Crippen molar-refractivity contribution in [3.63, 3.8) is 0 Å². The molecule has 1 fully saturated rings. The molecule has 0 bridgehead atoms. The van der Waals surface area contributed by atoms with Crippen LogP contribution in [0.5, 0.6) is 5.75 Å². The summed E-state index contributed by atoms with van der Waals surface area (Å²) in [6.07, 6.45) is 2.86. The number of benzene rings is 1. The van der Waals surface area contributed by atoms with Crippen molar-refractivity contribution in [2.45, 2.75) is 13.3 Å². The Morgan fingerprint density at radius 3 is 2.84 bits per heavy atom. The Kier molecular flexibility index (Phi) is 3.44. The summed E-state index contributed by atoms with van der Waals surface area (Å²) in [6, 6.07) is 4.10. The first-order chi connectivity index (χ1) is 9.25. The molecule has 102 valence electrons. The maximum Gasteiger partial charge on any atom is 0.128 e. The molecule has 1 aromatic carbocycles. The van der Waals surface area contributed by atoms with E-state index in [4.69, 9.17) is 0 Å². The number of nitrogens with zero attached hydrogens (tertiary/aromatic N) is 1. The van der Waals surface area contributed by atoms with E-state index >= 15 is 0 Å². The van der Waals surface area contributed by atoms with Crippen LogP contribution in [0.1, 0.15) is 11.1 Å². The van der Waals surface area contributed by atoms with Crippen LogP contribution in [0, 0.1) is 6.92 Å². The van der Waals surface area contributed by atoms with Crippen molar-refractivity contribution in [1.82, 2.24) is 15.2 Å². The van der Waals surface area contributed by atoms with Crippen LogP contribution in [0.15, 0.2) is 18.3 Å². The Hall–Kier alpha value is -1.52. The summed E-state index contributed by atoms with van der Waals surface area (Å²) in [5.41, 5.74) is 3.17. The van der Waals surface area contributed by atoms with Crippen molar-refractivity contribution in [3.8, 4) is 5.75 Å². The molecule has 1 aromatic heterocycles. The number of H-pyrrole nitrogens is 1. The first kappa shape index (κ1) is 12.5. The maximum atomic E-state index is 10.4. The van der Waals surface area contributed by atoms with E-state index in [1.54, 1.807) is 0 Å². The van der Waals surface area contributed by atoms with Crippen molar-refractivity contribution in [2.24, 2.45) is 0 Å². The molecule has 0 saturated carbocycles. The van der Waals surface area contributed by atoms with E-state index in [1.165, 1.54) is 0 Å². The summed E-state index contributed by atoms with van der Waals surface area (Å²) in [7, 11) is 0. The number of fused-ring (bicyclic) bond motifs is 1. The van der Waals surface area contributed by atoms with Gasteiger partial charge in [0.2, 0.25) is 0 Å². The molecule has 2 heterocycles. The molecule has 0 atom stereocenters. The van der Waals surface area contributed by atoms with Crippen LogP contribution in [0.2, 0.25) is 0 Å². The molecule has 0 unspecified atom stereocenters. The normalized spacial score (nSPS) is 17.1. The van der Waals surface area contributed by atoms with Crippen molar-refractivity contribution < 1.29 is 5.11 Å². The van der Waals surface area contributed by atoms with Crippen LogP contribution in [0.4, 0.5) is 0 Å². The zero-order valence-corrected chi connectivity index (χ0v) is 11.4. The molecule has 19 heavy (non-hydrogen) atoms. The third kappa shape index (κ3) is 2.46. The van der Waals surface area contributed by atoms with Crippen molar-refractivity contribution in [2.75, 3.05) is 32.7 Å². The molecule has 4 heteroatoms. The summed E-state index contributed by atoms with van der Waals surface area (Å²) in [6.45, 7) is 7.39. The van der Waals surface area contributed by atoms with Gasteiger partial charge in [-0.3, -0.25) is 0 Å². The number of hydrogen-bond acceptors (Lipinski definition) is 3. The van der Waals surface area contributed by atoms with E-state index in [0.717, 1.165) is 61.2 Å². The summed E-state index contributed by atoms with van der Waals surface area (Å²) in [5, 5.41) is 14.7. The van der Waals surface area contributed by atoms with Gasteiger partial charge in [-0.1, -0.05) is 6.07 Å². The Morgan fingerprint density at radius 2 is 2.05 bits per heavy atom. The Morgan fingerprint density at radius 1 is 1.26 bits per heavy atom. The topological polar surface area (TPSA) is 51.3 Å². The molecule has 4 nitrogen and oxygen atoms in total. The smallest absolute Gasteiger partial charge is 0.128 e. The summed E-state index contributed by atoms with van der Waals surface area (Å²) < 4.78 is 0. The van der Waals surface area contributed by atoms with Gasteiger partial charge in [0.05, 0.1) is 0 Å². The van der Waals surface area contributed by atoms with E-state index in [1.807, 2.05) is 19.2 Å². The molecule has 2 aromatic rings. The van der Waals surface area contributed by atoms with Crippen molar-refractivity contribution in [1.29, 1.82) is 0 Å². The fraction of sp³-hybridized carbons (Fsp3) is 0.467. The van der Waals surface area contributed by atoms with Crippen molar-refractivity contribution >= 4 is 10.9 Å². The highest BCUT2D eigenvalue weighted by atomic mass is 16.3. The van der Waals surface area contributed by atoms with Gasteiger partial charge in [0.25, 0.3) is 0 Å². The highest BCUT2D eigenvalue weighted by molar-refractivity contribution is 5.90. The van der Waals surface area contributed by atoms with E-state index < -0.39 is 0 Å². The summed E-state index contributed by atoms with van der Waals surface area (Å²) >= 11 is 0. The van der Waals surface area contributed by atoms with Gasteiger partial charge in [0.15, 0.2) is 0 Å². The third-order valence-electron chi connectivity index (χ3n) is 4.01. The average molecular weight is 259 g/mol. The fourth-order valence-electron chi connectivity index (χ4n) is 2.83. The summed E-state index contributed by atoms with van der Waals surface area (Å²) in [5.74, 6) is 0.450. The Bertz CT molecular complexity index is 570. The molecule has 1 aliphatic heterocycles. The maximum absolute atomic E-state index is 10.4. The molecule has 0 radical (unpaired) electrons. The molecule has 0 amide bonds. The number of piperazine rings is 1. The van der Waals surface area contributed by atoms with E-state index in [9.17, 15) is 5.11 Å². The lowest BCUT2D eigenvalue weighted by Crippen LogP contribution is -2.44. The molecule has 0 spiro atoms.